The Morgan fingerprint density at radius 2 is 1.88 bits per heavy atom. The van der Waals surface area contributed by atoms with Crippen LogP contribution in [0.2, 0.25) is 10.0 Å². The van der Waals surface area contributed by atoms with Crippen LogP contribution in [-0.2, 0) is 0 Å². The second-order valence-electron chi connectivity index (χ2n) is 5.69. The largest absolute Gasteiger partial charge is 0.493 e. The van der Waals surface area contributed by atoms with E-state index < -0.39 is 6.10 Å². The quantitative estimate of drug-likeness (QED) is 0.597. The molecule has 3 aromatic rings. The summed E-state index contributed by atoms with van der Waals surface area (Å²) in [5, 5.41) is 19.6. The van der Waals surface area contributed by atoms with Gasteiger partial charge in [0, 0.05) is 16.5 Å². The summed E-state index contributed by atoms with van der Waals surface area (Å²) in [5.74, 6) is 0.765. The Balaban J connectivity index is 2.00. The van der Waals surface area contributed by atoms with Crippen LogP contribution in [0.4, 0.5) is 0 Å². The minimum Gasteiger partial charge on any atom is -0.493 e. The van der Waals surface area contributed by atoms with Gasteiger partial charge < -0.3 is 19.9 Å². The third-order valence-electron chi connectivity index (χ3n) is 3.78. The summed E-state index contributed by atoms with van der Waals surface area (Å²) in [7, 11) is 0. The number of aromatic nitrogens is 2. The Kier molecular flexibility index (Phi) is 5.78. The molecule has 26 heavy (non-hydrogen) atoms. The summed E-state index contributed by atoms with van der Waals surface area (Å²) in [5.41, 5.74) is 0.689. The van der Waals surface area contributed by atoms with Gasteiger partial charge in [-0.1, -0.05) is 23.2 Å². The highest BCUT2D eigenvalue weighted by atomic mass is 35.5. The fourth-order valence-corrected chi connectivity index (χ4v) is 2.79. The van der Waals surface area contributed by atoms with Crippen molar-refractivity contribution >= 4 is 34.1 Å². The Morgan fingerprint density at radius 1 is 1.15 bits per heavy atom. The van der Waals surface area contributed by atoms with Gasteiger partial charge in [-0.25, -0.2) is 4.98 Å². The smallest absolute Gasteiger partial charge is 0.259 e. The molecule has 1 unspecified atom stereocenters. The van der Waals surface area contributed by atoms with Crippen molar-refractivity contribution in [2.75, 3.05) is 13.2 Å². The van der Waals surface area contributed by atoms with Crippen LogP contribution in [0.25, 0.3) is 22.3 Å². The molecule has 3 rings (SSSR count). The first-order valence-corrected chi connectivity index (χ1v) is 8.65. The lowest BCUT2D eigenvalue weighted by Crippen LogP contribution is -2.16. The number of H-pyrrole nitrogens is 1. The lowest BCUT2D eigenvalue weighted by molar-refractivity contribution is 0.0754. The van der Waals surface area contributed by atoms with E-state index in [0.717, 1.165) is 0 Å². The van der Waals surface area contributed by atoms with Crippen molar-refractivity contribution in [2.45, 2.75) is 12.5 Å². The number of nitrogens with one attached hydrogen (secondary N) is 1. The molecule has 0 fully saturated rings. The van der Waals surface area contributed by atoms with Gasteiger partial charge in [0.25, 0.3) is 5.56 Å². The zero-order valence-corrected chi connectivity index (χ0v) is 15.1. The van der Waals surface area contributed by atoms with Crippen LogP contribution in [0.5, 0.6) is 5.75 Å². The van der Waals surface area contributed by atoms with E-state index in [1.165, 1.54) is 0 Å². The molecule has 1 heterocycles. The standard InChI is InChI=1S/C18H16Cl2N2O4/c19-10-1-3-15-13(7-10)18(25)22-17(21-15)14-8-11(20)2-4-16(14)26-6-5-12(24)9-23/h1-4,7-8,12,23-24H,5-6,9H2,(H,21,22,25). The van der Waals surface area contributed by atoms with E-state index in [1.807, 2.05) is 0 Å². The van der Waals surface area contributed by atoms with Gasteiger partial charge >= 0.3 is 0 Å². The number of aliphatic hydroxyl groups is 2. The third kappa shape index (κ3) is 4.16. The molecule has 0 saturated heterocycles. The molecule has 0 aliphatic carbocycles. The molecule has 1 aromatic heterocycles. The Bertz CT molecular complexity index is 991. The average Bonchev–Trinajstić information content (AvgIpc) is 2.63. The second-order valence-corrected chi connectivity index (χ2v) is 6.56. The molecule has 136 valence electrons. The normalized spacial score (nSPS) is 12.3. The summed E-state index contributed by atoms with van der Waals surface area (Å²) in [4.78, 5) is 19.6. The lowest BCUT2D eigenvalue weighted by atomic mass is 10.1. The van der Waals surface area contributed by atoms with E-state index in [2.05, 4.69) is 9.97 Å². The summed E-state index contributed by atoms with van der Waals surface area (Å²) in [6, 6.07) is 9.83. The zero-order valence-electron chi connectivity index (χ0n) is 13.6. The Morgan fingerprint density at radius 3 is 2.65 bits per heavy atom. The number of fused-ring (bicyclic) bond motifs is 1. The molecule has 0 spiro atoms. The molecule has 0 bridgehead atoms. The zero-order chi connectivity index (χ0) is 18.7. The van der Waals surface area contributed by atoms with Crippen molar-refractivity contribution in [1.29, 1.82) is 0 Å². The summed E-state index contributed by atoms with van der Waals surface area (Å²) < 4.78 is 5.68. The van der Waals surface area contributed by atoms with Gasteiger partial charge in [-0.2, -0.15) is 0 Å². The summed E-state index contributed by atoms with van der Waals surface area (Å²) >= 11 is 12.0. The summed E-state index contributed by atoms with van der Waals surface area (Å²) in [6.07, 6.45) is -0.590. The van der Waals surface area contributed by atoms with E-state index in [1.54, 1.807) is 36.4 Å². The maximum Gasteiger partial charge on any atom is 0.259 e. The minimum atomic E-state index is -0.853. The molecule has 0 radical (unpaired) electrons. The number of rotatable bonds is 6. The van der Waals surface area contributed by atoms with E-state index in [9.17, 15) is 9.90 Å². The molecule has 6 nitrogen and oxygen atoms in total. The van der Waals surface area contributed by atoms with E-state index in [4.69, 9.17) is 33.0 Å². The van der Waals surface area contributed by atoms with Gasteiger partial charge in [0.1, 0.15) is 11.6 Å². The molecule has 0 saturated carbocycles. The number of aliphatic hydroxyl groups excluding tert-OH is 2. The first-order chi connectivity index (χ1) is 12.5. The molecular formula is C18H16Cl2N2O4. The highest BCUT2D eigenvalue weighted by Gasteiger charge is 2.13. The highest BCUT2D eigenvalue weighted by Crippen LogP contribution is 2.31. The topological polar surface area (TPSA) is 95.4 Å². The maximum atomic E-state index is 12.4. The van der Waals surface area contributed by atoms with Crippen molar-refractivity contribution in [3.63, 3.8) is 0 Å². The third-order valence-corrected chi connectivity index (χ3v) is 4.25. The van der Waals surface area contributed by atoms with Gasteiger partial charge in [0.15, 0.2) is 0 Å². The number of halogens is 2. The number of ether oxygens (including phenoxy) is 1. The molecule has 3 N–H and O–H groups in total. The molecule has 8 heteroatoms. The van der Waals surface area contributed by atoms with Crippen LogP contribution >= 0.6 is 23.2 Å². The average molecular weight is 395 g/mol. The molecule has 2 aromatic carbocycles. The Hall–Kier alpha value is -2.12. The molecular weight excluding hydrogens is 379 g/mol. The maximum absolute atomic E-state index is 12.4. The van der Waals surface area contributed by atoms with E-state index >= 15 is 0 Å². The van der Waals surface area contributed by atoms with E-state index in [0.29, 0.717) is 38.1 Å². The van der Waals surface area contributed by atoms with Gasteiger partial charge in [-0.15, -0.1) is 0 Å². The van der Waals surface area contributed by atoms with Crippen molar-refractivity contribution < 1.29 is 14.9 Å². The number of aromatic amines is 1. The summed E-state index contributed by atoms with van der Waals surface area (Å²) in [6.45, 7) is -0.150. The molecule has 1 atom stereocenters. The van der Waals surface area contributed by atoms with E-state index in [-0.39, 0.29) is 25.2 Å². The number of nitrogens with zero attached hydrogens (tertiary/aromatic N) is 1. The SMILES string of the molecule is O=c1[nH]c(-c2cc(Cl)ccc2OCCC(O)CO)nc2ccc(Cl)cc12. The van der Waals surface area contributed by atoms with Gasteiger partial charge in [0.05, 0.1) is 35.8 Å². The number of hydrogen-bond acceptors (Lipinski definition) is 5. The lowest BCUT2D eigenvalue weighted by Gasteiger charge is -2.13. The van der Waals surface area contributed by atoms with Crippen LogP contribution in [0.1, 0.15) is 6.42 Å². The Labute approximate surface area is 159 Å². The minimum absolute atomic E-state index is 0.184. The van der Waals surface area contributed by atoms with Crippen LogP contribution < -0.4 is 10.3 Å². The van der Waals surface area contributed by atoms with Crippen LogP contribution in [0.3, 0.4) is 0 Å². The monoisotopic (exact) mass is 394 g/mol. The van der Waals surface area contributed by atoms with Gasteiger partial charge in [-0.3, -0.25) is 4.79 Å². The number of hydrogen-bond donors (Lipinski definition) is 3. The van der Waals surface area contributed by atoms with Crippen molar-refractivity contribution in [3.8, 4) is 17.1 Å². The predicted molar refractivity (Wildman–Crippen MR) is 101 cm³/mol. The van der Waals surface area contributed by atoms with Crippen LogP contribution in [0, 0.1) is 0 Å². The fraction of sp³-hybridized carbons (Fsp3) is 0.222. The molecule has 0 amide bonds. The van der Waals surface area contributed by atoms with Crippen LogP contribution in [-0.4, -0.2) is 39.5 Å². The highest BCUT2D eigenvalue weighted by molar-refractivity contribution is 6.31. The van der Waals surface area contributed by atoms with Gasteiger partial charge in [-0.05, 0) is 36.4 Å². The first-order valence-electron chi connectivity index (χ1n) is 7.89. The molecule has 0 aliphatic heterocycles. The first kappa shape index (κ1) is 18.7. The van der Waals surface area contributed by atoms with Gasteiger partial charge in [0.2, 0.25) is 0 Å². The predicted octanol–water partition coefficient (Wildman–Crippen LogP) is 3.02. The fourth-order valence-electron chi connectivity index (χ4n) is 2.45. The van der Waals surface area contributed by atoms with Crippen molar-refractivity contribution in [2.24, 2.45) is 0 Å². The van der Waals surface area contributed by atoms with Crippen molar-refractivity contribution in [3.05, 3.63) is 56.8 Å². The van der Waals surface area contributed by atoms with Crippen LogP contribution in [0.15, 0.2) is 41.2 Å². The second kappa shape index (κ2) is 8.05. The van der Waals surface area contributed by atoms with Crippen molar-refractivity contribution in [1.82, 2.24) is 9.97 Å². The number of benzene rings is 2. The molecule has 0 aliphatic rings.